The van der Waals surface area contributed by atoms with Crippen LogP contribution in [0.5, 0.6) is 0 Å². The first-order valence-electron chi connectivity index (χ1n) is 9.24. The fraction of sp³-hybridized carbons (Fsp3) is 0.348. The number of aromatic nitrogens is 1. The van der Waals surface area contributed by atoms with Crippen LogP contribution >= 0.6 is 0 Å². The molecule has 2 heterocycles. The first kappa shape index (κ1) is 18.8. The van der Waals surface area contributed by atoms with Crippen LogP contribution in [0.15, 0.2) is 36.5 Å². The number of amides is 1. The van der Waals surface area contributed by atoms with E-state index in [1.54, 1.807) is 25.1 Å². The van der Waals surface area contributed by atoms with Crippen molar-refractivity contribution in [3.8, 4) is 11.8 Å². The molecule has 1 aliphatic heterocycles. The van der Waals surface area contributed by atoms with Crippen molar-refractivity contribution >= 4 is 11.7 Å². The highest BCUT2D eigenvalue weighted by molar-refractivity contribution is 6.15. The molecule has 138 valence electrons. The number of carbonyl (C=O) groups is 2. The van der Waals surface area contributed by atoms with Crippen LogP contribution < -0.4 is 0 Å². The van der Waals surface area contributed by atoms with Gasteiger partial charge in [-0.15, -0.1) is 5.92 Å². The standard InChI is InChI=1S/C23H24N2O2/c1-5-9-16-12-15(3)20(17(6-2)13-16)21-22(26)19(25(4)23(21)27)14-18-10-7-8-11-24-18/h7-8,10-13,19,21H,6,14H2,1-4H3. The van der Waals surface area contributed by atoms with Crippen LogP contribution in [-0.2, 0) is 22.4 Å². The molecule has 2 aromatic rings. The molecule has 1 aromatic heterocycles. The summed E-state index contributed by atoms with van der Waals surface area (Å²) in [6.45, 7) is 5.80. The zero-order chi connectivity index (χ0) is 19.6. The average molecular weight is 360 g/mol. The average Bonchev–Trinajstić information content (AvgIpc) is 2.86. The van der Waals surface area contributed by atoms with Gasteiger partial charge in [-0.2, -0.15) is 0 Å². The molecule has 0 radical (unpaired) electrons. The van der Waals surface area contributed by atoms with E-state index in [4.69, 9.17) is 0 Å². The topological polar surface area (TPSA) is 50.3 Å². The van der Waals surface area contributed by atoms with Crippen LogP contribution in [0.4, 0.5) is 0 Å². The lowest BCUT2D eigenvalue weighted by molar-refractivity contribution is -0.129. The fourth-order valence-corrected chi connectivity index (χ4v) is 3.88. The van der Waals surface area contributed by atoms with Gasteiger partial charge in [-0.3, -0.25) is 14.6 Å². The van der Waals surface area contributed by atoms with Gasteiger partial charge in [-0.05, 0) is 61.2 Å². The zero-order valence-corrected chi connectivity index (χ0v) is 16.2. The largest absolute Gasteiger partial charge is 0.334 e. The van der Waals surface area contributed by atoms with Crippen molar-refractivity contribution in [1.82, 2.24) is 9.88 Å². The summed E-state index contributed by atoms with van der Waals surface area (Å²) in [6.07, 6.45) is 2.90. The van der Waals surface area contributed by atoms with Crippen molar-refractivity contribution in [2.24, 2.45) is 0 Å². The molecule has 3 rings (SSSR count). The SMILES string of the molecule is CC#Cc1cc(C)c(C2C(=O)C(Cc3ccccn3)N(C)C2=O)c(CC)c1. The van der Waals surface area contributed by atoms with E-state index in [1.807, 2.05) is 44.2 Å². The van der Waals surface area contributed by atoms with Crippen molar-refractivity contribution in [2.45, 2.75) is 45.6 Å². The molecule has 1 saturated heterocycles. The summed E-state index contributed by atoms with van der Waals surface area (Å²) in [5.41, 5.74) is 4.56. The maximum atomic E-state index is 13.2. The van der Waals surface area contributed by atoms with E-state index in [-0.39, 0.29) is 11.7 Å². The molecular weight excluding hydrogens is 336 g/mol. The number of hydrogen-bond donors (Lipinski definition) is 0. The molecule has 27 heavy (non-hydrogen) atoms. The third-order valence-electron chi connectivity index (χ3n) is 5.22. The number of benzene rings is 1. The Morgan fingerprint density at radius 2 is 2.00 bits per heavy atom. The van der Waals surface area contributed by atoms with Gasteiger partial charge in [0.1, 0.15) is 5.92 Å². The molecule has 4 nitrogen and oxygen atoms in total. The Bertz CT molecular complexity index is 938. The van der Waals surface area contributed by atoms with Crippen molar-refractivity contribution < 1.29 is 9.59 Å². The van der Waals surface area contributed by atoms with Gasteiger partial charge in [0.2, 0.25) is 5.91 Å². The van der Waals surface area contributed by atoms with Crippen molar-refractivity contribution in [1.29, 1.82) is 0 Å². The molecule has 1 amide bonds. The maximum Gasteiger partial charge on any atom is 0.238 e. The van der Waals surface area contributed by atoms with Crippen LogP contribution in [0.1, 0.15) is 47.7 Å². The number of carbonyl (C=O) groups excluding carboxylic acids is 2. The summed E-state index contributed by atoms with van der Waals surface area (Å²) in [7, 11) is 1.71. The molecule has 0 aliphatic carbocycles. The van der Waals surface area contributed by atoms with Crippen molar-refractivity contribution in [2.75, 3.05) is 7.05 Å². The van der Waals surface area contributed by atoms with E-state index >= 15 is 0 Å². The van der Waals surface area contributed by atoms with Gasteiger partial charge >= 0.3 is 0 Å². The highest BCUT2D eigenvalue weighted by Gasteiger charge is 2.47. The van der Waals surface area contributed by atoms with Gasteiger partial charge < -0.3 is 4.90 Å². The number of rotatable bonds is 4. The summed E-state index contributed by atoms with van der Waals surface area (Å²) in [6, 6.07) is 9.13. The summed E-state index contributed by atoms with van der Waals surface area (Å²) in [5, 5.41) is 0. The number of Topliss-reactive ketones (excluding diaryl/α,β-unsaturated/α-hetero) is 1. The quantitative estimate of drug-likeness (QED) is 0.622. The smallest absolute Gasteiger partial charge is 0.238 e. The Morgan fingerprint density at radius 1 is 1.22 bits per heavy atom. The Hall–Kier alpha value is -2.93. The molecule has 4 heteroatoms. The molecular formula is C23H24N2O2. The highest BCUT2D eigenvalue weighted by Crippen LogP contribution is 2.35. The summed E-state index contributed by atoms with van der Waals surface area (Å²) in [4.78, 5) is 32.1. The van der Waals surface area contributed by atoms with Crippen molar-refractivity contribution in [3.05, 3.63) is 64.5 Å². The minimum Gasteiger partial charge on any atom is -0.334 e. The maximum absolute atomic E-state index is 13.2. The predicted molar refractivity (Wildman–Crippen MR) is 105 cm³/mol. The van der Waals surface area contributed by atoms with Crippen LogP contribution in [0.25, 0.3) is 0 Å². The van der Waals surface area contributed by atoms with E-state index in [9.17, 15) is 9.59 Å². The summed E-state index contributed by atoms with van der Waals surface area (Å²) < 4.78 is 0. The Kier molecular flexibility index (Phi) is 5.41. The first-order chi connectivity index (χ1) is 13.0. The van der Waals surface area contributed by atoms with Gasteiger partial charge in [-0.25, -0.2) is 0 Å². The normalized spacial score (nSPS) is 19.2. The Balaban J connectivity index is 2.00. The molecule has 0 bridgehead atoms. The molecule has 0 spiro atoms. The van der Waals surface area contributed by atoms with Gasteiger partial charge in [0.25, 0.3) is 0 Å². The first-order valence-corrected chi connectivity index (χ1v) is 9.24. The Morgan fingerprint density at radius 3 is 2.63 bits per heavy atom. The number of likely N-dealkylation sites (N-methyl/N-ethyl adjacent to an activating group) is 1. The lowest BCUT2D eigenvalue weighted by Gasteiger charge is -2.17. The second-order valence-electron chi connectivity index (χ2n) is 6.92. The number of nitrogens with zero attached hydrogens (tertiary/aromatic N) is 2. The summed E-state index contributed by atoms with van der Waals surface area (Å²) in [5.74, 6) is 5.08. The number of pyridine rings is 1. The van der Waals surface area contributed by atoms with Gasteiger partial charge in [0, 0.05) is 30.9 Å². The third kappa shape index (κ3) is 3.50. The van der Waals surface area contributed by atoms with Gasteiger partial charge in [0.05, 0.1) is 6.04 Å². The Labute approximate surface area is 160 Å². The van der Waals surface area contributed by atoms with E-state index in [2.05, 4.69) is 16.8 Å². The van der Waals surface area contributed by atoms with E-state index < -0.39 is 12.0 Å². The van der Waals surface area contributed by atoms with Crippen LogP contribution in [0.3, 0.4) is 0 Å². The van der Waals surface area contributed by atoms with E-state index in [0.717, 1.165) is 34.4 Å². The number of ketones is 1. The second kappa shape index (κ2) is 7.75. The minimum atomic E-state index is -0.734. The van der Waals surface area contributed by atoms with Crippen molar-refractivity contribution in [3.63, 3.8) is 0 Å². The molecule has 1 aliphatic rings. The molecule has 1 fully saturated rings. The van der Waals surface area contributed by atoms with Crippen LogP contribution in [-0.4, -0.2) is 34.7 Å². The van der Waals surface area contributed by atoms with E-state index in [1.165, 1.54) is 0 Å². The predicted octanol–water partition coefficient (Wildman–Crippen LogP) is 3.06. The van der Waals surface area contributed by atoms with Crippen LogP contribution in [0.2, 0.25) is 0 Å². The molecule has 0 N–H and O–H groups in total. The third-order valence-corrected chi connectivity index (χ3v) is 5.22. The molecule has 1 aromatic carbocycles. The number of likely N-dealkylation sites (tertiary alicyclic amines) is 1. The van der Waals surface area contributed by atoms with Gasteiger partial charge in [-0.1, -0.05) is 18.9 Å². The summed E-state index contributed by atoms with van der Waals surface area (Å²) >= 11 is 0. The molecule has 0 saturated carbocycles. The second-order valence-corrected chi connectivity index (χ2v) is 6.92. The van der Waals surface area contributed by atoms with Crippen LogP contribution in [0, 0.1) is 18.8 Å². The highest BCUT2D eigenvalue weighted by atomic mass is 16.2. The van der Waals surface area contributed by atoms with Gasteiger partial charge in [0.15, 0.2) is 5.78 Å². The number of hydrogen-bond acceptors (Lipinski definition) is 3. The monoisotopic (exact) mass is 360 g/mol. The molecule has 2 atom stereocenters. The zero-order valence-electron chi connectivity index (χ0n) is 16.2. The minimum absolute atomic E-state index is 0.0414. The fourth-order valence-electron chi connectivity index (χ4n) is 3.88. The number of aryl methyl sites for hydroxylation is 2. The molecule has 2 unspecified atom stereocenters. The lowest BCUT2D eigenvalue weighted by atomic mass is 9.84. The lowest BCUT2D eigenvalue weighted by Crippen LogP contribution is -2.33. The van der Waals surface area contributed by atoms with E-state index in [0.29, 0.717) is 6.42 Å².